The third kappa shape index (κ3) is 3.79. The van der Waals surface area contributed by atoms with Gasteiger partial charge in [-0.2, -0.15) is 0 Å². The van der Waals surface area contributed by atoms with Gasteiger partial charge in [0.15, 0.2) is 0 Å². The lowest BCUT2D eigenvalue weighted by Crippen LogP contribution is -2.35. The average Bonchev–Trinajstić information content (AvgIpc) is 2.56. The van der Waals surface area contributed by atoms with Crippen LogP contribution in [-0.4, -0.2) is 17.1 Å². The van der Waals surface area contributed by atoms with Gasteiger partial charge in [0.25, 0.3) is 0 Å². The standard InChI is InChI=1S/C19H20N2O2S/c1-12-7-9-14(10-8-12)13(2)20-18(22)11-17-19(23)21-15-5-3-4-6-16(15)24-17/h3-10,13,17H,11H2,1-2H3,(H,20,22)(H,21,23). The number of hydrogen-bond acceptors (Lipinski definition) is 3. The number of carbonyl (C=O) groups is 2. The fourth-order valence-corrected chi connectivity index (χ4v) is 3.74. The van der Waals surface area contributed by atoms with Crippen LogP contribution in [0.4, 0.5) is 5.69 Å². The molecule has 1 heterocycles. The van der Waals surface area contributed by atoms with Crippen molar-refractivity contribution in [2.45, 2.75) is 36.5 Å². The minimum absolute atomic E-state index is 0.0814. The predicted octanol–water partition coefficient (Wildman–Crippen LogP) is 3.68. The summed E-state index contributed by atoms with van der Waals surface area (Å²) in [5.74, 6) is -0.230. The number of amides is 2. The highest BCUT2D eigenvalue weighted by Gasteiger charge is 2.29. The van der Waals surface area contributed by atoms with Gasteiger partial charge < -0.3 is 10.6 Å². The van der Waals surface area contributed by atoms with E-state index in [9.17, 15) is 9.59 Å². The zero-order valence-corrected chi connectivity index (χ0v) is 14.5. The zero-order chi connectivity index (χ0) is 17.1. The molecule has 5 heteroatoms. The largest absolute Gasteiger partial charge is 0.350 e. The minimum atomic E-state index is -0.398. The molecule has 2 atom stereocenters. The number of aryl methyl sites for hydroxylation is 1. The van der Waals surface area contributed by atoms with Crippen molar-refractivity contribution in [3.05, 3.63) is 59.7 Å². The molecular formula is C19H20N2O2S. The van der Waals surface area contributed by atoms with Gasteiger partial charge >= 0.3 is 0 Å². The zero-order valence-electron chi connectivity index (χ0n) is 13.7. The summed E-state index contributed by atoms with van der Waals surface area (Å²) in [6, 6.07) is 15.6. The summed E-state index contributed by atoms with van der Waals surface area (Å²) >= 11 is 1.45. The Bertz CT molecular complexity index is 758. The first-order valence-electron chi connectivity index (χ1n) is 7.95. The van der Waals surface area contributed by atoms with Crippen LogP contribution in [0.2, 0.25) is 0 Å². The molecule has 0 aromatic heterocycles. The van der Waals surface area contributed by atoms with Crippen molar-refractivity contribution in [3.8, 4) is 0 Å². The van der Waals surface area contributed by atoms with Crippen LogP contribution in [-0.2, 0) is 9.59 Å². The molecule has 0 bridgehead atoms. The molecule has 3 rings (SSSR count). The Hall–Kier alpha value is -2.27. The van der Waals surface area contributed by atoms with Crippen molar-refractivity contribution in [3.63, 3.8) is 0 Å². The van der Waals surface area contributed by atoms with Crippen LogP contribution in [0.5, 0.6) is 0 Å². The molecule has 1 aliphatic heterocycles. The summed E-state index contributed by atoms with van der Waals surface area (Å²) in [5, 5.41) is 5.44. The predicted molar refractivity (Wildman–Crippen MR) is 97.1 cm³/mol. The van der Waals surface area contributed by atoms with Crippen molar-refractivity contribution in [1.82, 2.24) is 5.32 Å². The number of thioether (sulfide) groups is 1. The van der Waals surface area contributed by atoms with Gasteiger partial charge in [-0.25, -0.2) is 0 Å². The lowest BCUT2D eigenvalue weighted by Gasteiger charge is -2.24. The number of carbonyl (C=O) groups excluding carboxylic acids is 2. The van der Waals surface area contributed by atoms with E-state index in [2.05, 4.69) is 10.6 Å². The summed E-state index contributed by atoms with van der Waals surface area (Å²) in [7, 11) is 0. The van der Waals surface area contributed by atoms with Crippen LogP contribution < -0.4 is 10.6 Å². The third-order valence-electron chi connectivity index (χ3n) is 4.03. The maximum absolute atomic E-state index is 12.3. The lowest BCUT2D eigenvalue weighted by molar-refractivity contribution is -0.124. The molecule has 2 N–H and O–H groups in total. The van der Waals surface area contributed by atoms with Gasteiger partial charge in [0.1, 0.15) is 0 Å². The number of para-hydroxylation sites is 1. The molecule has 1 aliphatic rings. The van der Waals surface area contributed by atoms with Gasteiger partial charge in [-0.05, 0) is 31.5 Å². The number of anilines is 1. The molecule has 0 saturated heterocycles. The highest BCUT2D eigenvalue weighted by atomic mass is 32.2. The second-order valence-electron chi connectivity index (χ2n) is 6.00. The van der Waals surface area contributed by atoms with E-state index in [0.717, 1.165) is 16.1 Å². The van der Waals surface area contributed by atoms with Crippen LogP contribution in [0.15, 0.2) is 53.4 Å². The van der Waals surface area contributed by atoms with Crippen molar-refractivity contribution in [1.29, 1.82) is 0 Å². The van der Waals surface area contributed by atoms with E-state index in [-0.39, 0.29) is 24.3 Å². The number of rotatable bonds is 4. The normalized spacial score (nSPS) is 17.6. The smallest absolute Gasteiger partial charge is 0.238 e. The van der Waals surface area contributed by atoms with Crippen LogP contribution in [0.3, 0.4) is 0 Å². The number of fused-ring (bicyclic) bond motifs is 1. The summed E-state index contributed by atoms with van der Waals surface area (Å²) in [5.41, 5.74) is 3.06. The van der Waals surface area contributed by atoms with Crippen LogP contribution in [0, 0.1) is 6.92 Å². The molecule has 0 radical (unpaired) electrons. The monoisotopic (exact) mass is 340 g/mol. The molecule has 124 valence electrons. The first-order chi connectivity index (χ1) is 11.5. The maximum Gasteiger partial charge on any atom is 0.238 e. The average molecular weight is 340 g/mol. The fourth-order valence-electron chi connectivity index (χ4n) is 2.63. The van der Waals surface area contributed by atoms with Crippen LogP contribution >= 0.6 is 11.8 Å². The Labute approximate surface area is 146 Å². The fraction of sp³-hybridized carbons (Fsp3) is 0.263. The SMILES string of the molecule is Cc1ccc(C(C)NC(=O)CC2Sc3ccccc3NC2=O)cc1. The Morgan fingerprint density at radius 1 is 1.21 bits per heavy atom. The molecular weight excluding hydrogens is 320 g/mol. The highest BCUT2D eigenvalue weighted by Crippen LogP contribution is 2.36. The van der Waals surface area contributed by atoms with Crippen molar-refractivity contribution >= 4 is 29.3 Å². The van der Waals surface area contributed by atoms with Gasteiger partial charge in [0.2, 0.25) is 11.8 Å². The first-order valence-corrected chi connectivity index (χ1v) is 8.83. The van der Waals surface area contributed by atoms with Crippen LogP contribution in [0.1, 0.15) is 30.5 Å². The van der Waals surface area contributed by atoms with Crippen molar-refractivity contribution in [2.24, 2.45) is 0 Å². The van der Waals surface area contributed by atoms with E-state index in [1.807, 2.05) is 62.4 Å². The Kier molecular flexibility index (Phi) is 4.90. The van der Waals surface area contributed by atoms with Gasteiger partial charge in [-0.3, -0.25) is 9.59 Å². The van der Waals surface area contributed by atoms with Gasteiger partial charge in [0, 0.05) is 11.3 Å². The molecule has 0 spiro atoms. The summed E-state index contributed by atoms with van der Waals surface area (Å²) in [4.78, 5) is 25.5. The molecule has 2 aromatic rings. The van der Waals surface area contributed by atoms with E-state index in [0.29, 0.717) is 0 Å². The minimum Gasteiger partial charge on any atom is -0.350 e. The third-order valence-corrected chi connectivity index (χ3v) is 5.31. The van der Waals surface area contributed by atoms with E-state index in [4.69, 9.17) is 0 Å². The van der Waals surface area contributed by atoms with E-state index in [1.165, 1.54) is 17.3 Å². The molecule has 24 heavy (non-hydrogen) atoms. The first kappa shape index (κ1) is 16.6. The Balaban J connectivity index is 1.61. The second kappa shape index (κ2) is 7.09. The van der Waals surface area contributed by atoms with Gasteiger partial charge in [-0.15, -0.1) is 11.8 Å². The van der Waals surface area contributed by atoms with Crippen molar-refractivity contribution in [2.75, 3.05) is 5.32 Å². The van der Waals surface area contributed by atoms with Gasteiger partial charge in [0.05, 0.1) is 17.0 Å². The molecule has 2 unspecified atom stereocenters. The summed E-state index contributed by atoms with van der Waals surface area (Å²) < 4.78 is 0. The van der Waals surface area contributed by atoms with Gasteiger partial charge in [-0.1, -0.05) is 42.0 Å². The summed E-state index contributed by atoms with van der Waals surface area (Å²) in [6.45, 7) is 3.98. The topological polar surface area (TPSA) is 58.2 Å². The van der Waals surface area contributed by atoms with E-state index < -0.39 is 5.25 Å². The molecule has 2 amide bonds. The maximum atomic E-state index is 12.3. The second-order valence-corrected chi connectivity index (χ2v) is 7.24. The Morgan fingerprint density at radius 2 is 1.92 bits per heavy atom. The molecule has 0 aliphatic carbocycles. The van der Waals surface area contributed by atoms with Crippen molar-refractivity contribution < 1.29 is 9.59 Å². The molecule has 2 aromatic carbocycles. The Morgan fingerprint density at radius 3 is 2.67 bits per heavy atom. The van der Waals surface area contributed by atoms with Crippen LogP contribution in [0.25, 0.3) is 0 Å². The highest BCUT2D eigenvalue weighted by molar-refractivity contribution is 8.01. The molecule has 0 saturated carbocycles. The van der Waals surface area contributed by atoms with E-state index in [1.54, 1.807) is 0 Å². The molecule has 0 fully saturated rings. The van der Waals surface area contributed by atoms with E-state index >= 15 is 0 Å². The molecule has 4 nitrogen and oxygen atoms in total. The number of nitrogens with one attached hydrogen (secondary N) is 2. The number of benzene rings is 2. The summed E-state index contributed by atoms with van der Waals surface area (Å²) in [6.07, 6.45) is 0.168. The lowest BCUT2D eigenvalue weighted by atomic mass is 10.1. The number of hydrogen-bond donors (Lipinski definition) is 2. The quantitative estimate of drug-likeness (QED) is 0.893.